The molecule has 4 rings (SSSR count). The van der Waals surface area contributed by atoms with Gasteiger partial charge in [-0.1, -0.05) is 24.3 Å². The average molecular weight is 452 g/mol. The van der Waals surface area contributed by atoms with Crippen molar-refractivity contribution in [3.05, 3.63) is 77.1 Å². The molecule has 0 radical (unpaired) electrons. The Morgan fingerprint density at radius 2 is 1.88 bits per heavy atom. The normalized spacial score (nSPS) is 15.4. The van der Waals surface area contributed by atoms with Gasteiger partial charge in [0.15, 0.2) is 0 Å². The van der Waals surface area contributed by atoms with Crippen LogP contribution in [-0.2, 0) is 21.2 Å². The molecule has 1 aliphatic heterocycles. The van der Waals surface area contributed by atoms with Crippen LogP contribution in [0.2, 0.25) is 0 Å². The highest BCUT2D eigenvalue weighted by Gasteiger charge is 2.29. The highest BCUT2D eigenvalue weighted by Crippen LogP contribution is 2.22. The molecule has 8 nitrogen and oxygen atoms in total. The van der Waals surface area contributed by atoms with Crippen molar-refractivity contribution in [2.24, 2.45) is 4.99 Å². The van der Waals surface area contributed by atoms with Gasteiger partial charge in [-0.25, -0.2) is 13.1 Å². The summed E-state index contributed by atoms with van der Waals surface area (Å²) in [6, 6.07) is 16.8. The quantitative estimate of drug-likeness (QED) is 0.575. The minimum atomic E-state index is -3.56. The van der Waals surface area contributed by atoms with Gasteiger partial charge in [0.25, 0.3) is 10.0 Å². The first-order valence-electron chi connectivity index (χ1n) is 10.4. The first kappa shape index (κ1) is 21.8. The third kappa shape index (κ3) is 4.72. The molecule has 0 saturated heterocycles. The molecular formula is C23H25N5O3S. The van der Waals surface area contributed by atoms with E-state index in [2.05, 4.69) is 20.1 Å². The van der Waals surface area contributed by atoms with Crippen molar-refractivity contribution >= 4 is 21.8 Å². The number of hydrogen-bond acceptors (Lipinski definition) is 5. The van der Waals surface area contributed by atoms with Crippen molar-refractivity contribution in [3.8, 4) is 5.69 Å². The Bertz CT molecular complexity index is 1280. The number of amides is 1. The van der Waals surface area contributed by atoms with Gasteiger partial charge < -0.3 is 5.32 Å². The molecule has 0 atom stereocenters. The second-order valence-corrected chi connectivity index (χ2v) is 9.34. The van der Waals surface area contributed by atoms with Crippen LogP contribution in [0.25, 0.3) is 5.69 Å². The summed E-state index contributed by atoms with van der Waals surface area (Å²) in [4.78, 5) is 16.6. The lowest BCUT2D eigenvalue weighted by molar-refractivity contribution is -0.120. The Balaban J connectivity index is 1.25. The molecule has 32 heavy (non-hydrogen) atoms. The van der Waals surface area contributed by atoms with Gasteiger partial charge in [0.1, 0.15) is 5.84 Å². The van der Waals surface area contributed by atoms with E-state index in [-0.39, 0.29) is 29.6 Å². The lowest BCUT2D eigenvalue weighted by Crippen LogP contribution is -2.27. The van der Waals surface area contributed by atoms with Gasteiger partial charge in [-0.15, -0.1) is 0 Å². The van der Waals surface area contributed by atoms with Crippen LogP contribution in [0.3, 0.4) is 0 Å². The molecule has 9 heteroatoms. The van der Waals surface area contributed by atoms with E-state index in [4.69, 9.17) is 0 Å². The number of aryl methyl sites for hydroxylation is 2. The van der Waals surface area contributed by atoms with Gasteiger partial charge in [-0.3, -0.25) is 14.5 Å². The number of carbonyl (C=O) groups is 1. The fourth-order valence-corrected chi connectivity index (χ4v) is 4.90. The standard InChI is InChI=1S/C23H25N5O3S/c1-16-15-17(2)28(26-16)19-9-7-18(8-10-19)11-13-24-22(29)12-14-25-23-20-5-3-4-6-21(20)32(30,31)27-23/h3-10,15H,11-14H2,1-2H3,(H,24,29)(H,25,27). The monoisotopic (exact) mass is 451 g/mol. The van der Waals surface area contributed by atoms with Gasteiger partial charge >= 0.3 is 0 Å². The van der Waals surface area contributed by atoms with Gasteiger partial charge in [-0.2, -0.15) is 5.10 Å². The number of rotatable bonds is 7. The second kappa shape index (κ2) is 8.96. The maximum atomic E-state index is 12.1. The lowest BCUT2D eigenvalue weighted by Gasteiger charge is -2.07. The Labute approximate surface area is 187 Å². The second-order valence-electron chi connectivity index (χ2n) is 7.69. The van der Waals surface area contributed by atoms with Crippen LogP contribution in [0.4, 0.5) is 0 Å². The van der Waals surface area contributed by atoms with Crippen LogP contribution in [0.5, 0.6) is 0 Å². The van der Waals surface area contributed by atoms with Crippen molar-refractivity contribution in [2.75, 3.05) is 13.1 Å². The number of carbonyl (C=O) groups excluding carboxylic acids is 1. The van der Waals surface area contributed by atoms with Crippen LogP contribution in [0, 0.1) is 13.8 Å². The number of aliphatic imine (C=N–C) groups is 1. The number of benzene rings is 2. The molecule has 0 fully saturated rings. The van der Waals surface area contributed by atoms with Gasteiger partial charge in [0.2, 0.25) is 5.91 Å². The molecule has 0 spiro atoms. The lowest BCUT2D eigenvalue weighted by atomic mass is 10.1. The molecule has 2 heterocycles. The predicted octanol–water partition coefficient (Wildman–Crippen LogP) is 2.28. The summed E-state index contributed by atoms with van der Waals surface area (Å²) in [5.74, 6) is 0.166. The topological polar surface area (TPSA) is 105 Å². The molecule has 0 unspecified atom stereocenters. The maximum absolute atomic E-state index is 12.1. The predicted molar refractivity (Wildman–Crippen MR) is 123 cm³/mol. The summed E-state index contributed by atoms with van der Waals surface area (Å²) in [6.45, 7) is 4.71. The number of nitrogens with one attached hydrogen (secondary N) is 2. The fourth-order valence-electron chi connectivity index (χ4n) is 3.65. The zero-order valence-electron chi connectivity index (χ0n) is 18.0. The summed E-state index contributed by atoms with van der Waals surface area (Å²) >= 11 is 0. The van der Waals surface area contributed by atoms with Crippen LogP contribution >= 0.6 is 0 Å². The molecule has 2 N–H and O–H groups in total. The third-order valence-corrected chi connectivity index (χ3v) is 6.59. The van der Waals surface area contributed by atoms with Crippen LogP contribution < -0.4 is 10.0 Å². The van der Waals surface area contributed by atoms with Crippen molar-refractivity contribution in [1.82, 2.24) is 19.8 Å². The highest BCUT2D eigenvalue weighted by molar-refractivity contribution is 7.90. The van der Waals surface area contributed by atoms with Gasteiger partial charge in [-0.05, 0) is 56.2 Å². The van der Waals surface area contributed by atoms with E-state index < -0.39 is 10.0 Å². The molecule has 166 valence electrons. The fraction of sp³-hybridized carbons (Fsp3) is 0.261. The third-order valence-electron chi connectivity index (χ3n) is 5.20. The zero-order valence-corrected chi connectivity index (χ0v) is 18.8. The first-order valence-corrected chi connectivity index (χ1v) is 11.9. The van der Waals surface area contributed by atoms with E-state index in [0.29, 0.717) is 18.5 Å². The molecule has 0 saturated carbocycles. The molecule has 2 aromatic carbocycles. The van der Waals surface area contributed by atoms with Crippen LogP contribution in [0.15, 0.2) is 64.5 Å². The van der Waals surface area contributed by atoms with E-state index in [1.165, 1.54) is 6.07 Å². The zero-order chi connectivity index (χ0) is 22.7. The average Bonchev–Trinajstić information content (AvgIpc) is 3.24. The molecule has 1 aliphatic rings. The summed E-state index contributed by atoms with van der Waals surface area (Å²) < 4.78 is 28.5. The number of aromatic nitrogens is 2. The van der Waals surface area contributed by atoms with E-state index in [9.17, 15) is 13.2 Å². The summed E-state index contributed by atoms with van der Waals surface area (Å²) in [5.41, 5.74) is 4.73. The van der Waals surface area contributed by atoms with E-state index >= 15 is 0 Å². The van der Waals surface area contributed by atoms with E-state index in [1.54, 1.807) is 18.2 Å². The van der Waals surface area contributed by atoms with Crippen LogP contribution in [-0.4, -0.2) is 43.0 Å². The van der Waals surface area contributed by atoms with Crippen LogP contribution in [0.1, 0.15) is 28.9 Å². The SMILES string of the molecule is Cc1cc(C)n(-c2ccc(CCNC(=O)CCN=C3NS(=O)(=O)c4ccccc43)cc2)n1. The minimum Gasteiger partial charge on any atom is -0.356 e. The summed E-state index contributed by atoms with van der Waals surface area (Å²) in [5, 5.41) is 7.37. The molecular weight excluding hydrogens is 426 g/mol. The van der Waals surface area contributed by atoms with E-state index in [0.717, 1.165) is 22.6 Å². The molecule has 3 aromatic rings. The number of amidine groups is 1. The minimum absolute atomic E-state index is 0.122. The Morgan fingerprint density at radius 1 is 1.12 bits per heavy atom. The van der Waals surface area contributed by atoms with Crippen molar-refractivity contribution < 1.29 is 13.2 Å². The molecule has 0 aliphatic carbocycles. The number of hydrogen-bond donors (Lipinski definition) is 2. The maximum Gasteiger partial charge on any atom is 0.263 e. The summed E-state index contributed by atoms with van der Waals surface area (Å²) in [7, 11) is -3.56. The van der Waals surface area contributed by atoms with Crippen molar-refractivity contribution in [2.45, 2.75) is 31.6 Å². The molecule has 1 aromatic heterocycles. The van der Waals surface area contributed by atoms with Gasteiger partial charge in [0.05, 0.1) is 22.8 Å². The highest BCUT2D eigenvalue weighted by atomic mass is 32.2. The molecule has 0 bridgehead atoms. The van der Waals surface area contributed by atoms with E-state index in [1.807, 2.05) is 48.9 Å². The number of nitrogens with zero attached hydrogens (tertiary/aromatic N) is 3. The smallest absolute Gasteiger partial charge is 0.263 e. The van der Waals surface area contributed by atoms with Crippen molar-refractivity contribution in [3.63, 3.8) is 0 Å². The number of fused-ring (bicyclic) bond motifs is 1. The Hall–Kier alpha value is -3.46. The number of sulfonamides is 1. The summed E-state index contributed by atoms with van der Waals surface area (Å²) in [6.07, 6.45) is 0.898. The van der Waals surface area contributed by atoms with Crippen molar-refractivity contribution in [1.29, 1.82) is 0 Å². The molecule has 1 amide bonds. The largest absolute Gasteiger partial charge is 0.356 e. The first-order chi connectivity index (χ1) is 15.3. The van der Waals surface area contributed by atoms with Gasteiger partial charge in [0, 0.05) is 24.2 Å². The Morgan fingerprint density at radius 3 is 2.59 bits per heavy atom. The Kier molecular flexibility index (Phi) is 6.09.